The smallest absolute Gasteiger partial charge is 0.239 e. The van der Waals surface area contributed by atoms with Crippen LogP contribution in [0, 0.1) is 11.3 Å². The Hall–Kier alpha value is -0.570. The molecule has 0 aromatic heterocycles. The van der Waals surface area contributed by atoms with E-state index in [1.165, 1.54) is 0 Å². The topological polar surface area (TPSA) is 46.3 Å². The Kier molecular flexibility index (Phi) is 3.77. The van der Waals surface area contributed by atoms with Crippen LogP contribution in [0.3, 0.4) is 0 Å². The van der Waals surface area contributed by atoms with E-state index < -0.39 is 0 Å². The molecule has 1 saturated heterocycles. The molecule has 0 spiro atoms. The third-order valence-corrected chi connectivity index (χ3v) is 3.03. The molecule has 0 aromatic carbocycles. The summed E-state index contributed by atoms with van der Waals surface area (Å²) in [6.45, 7) is 10.3. The minimum Gasteiger partial charge on any atom is -0.341 e. The summed E-state index contributed by atoms with van der Waals surface area (Å²) in [6, 6.07) is -0.307. The van der Waals surface area contributed by atoms with Crippen LogP contribution in [-0.2, 0) is 4.79 Å². The van der Waals surface area contributed by atoms with Gasteiger partial charge in [0.15, 0.2) is 0 Å². The Bertz CT molecular complexity index is 236. The molecule has 1 heterocycles. The van der Waals surface area contributed by atoms with Crippen molar-refractivity contribution in [3.8, 4) is 0 Å². The SMILES string of the molecule is CC(C)CC(N)C(=O)N1CCC(C)(C)C1. The molecule has 1 atom stereocenters. The summed E-state index contributed by atoms with van der Waals surface area (Å²) in [6.07, 6.45) is 1.88. The van der Waals surface area contributed by atoms with Crippen molar-refractivity contribution in [1.82, 2.24) is 4.90 Å². The largest absolute Gasteiger partial charge is 0.341 e. The van der Waals surface area contributed by atoms with Gasteiger partial charge in [-0.2, -0.15) is 0 Å². The van der Waals surface area contributed by atoms with Crippen LogP contribution in [0.2, 0.25) is 0 Å². The molecule has 1 amide bonds. The zero-order chi connectivity index (χ0) is 11.6. The second kappa shape index (κ2) is 4.52. The standard InChI is InChI=1S/C12H24N2O/c1-9(2)7-10(13)11(15)14-6-5-12(3,4)8-14/h9-10H,5-8,13H2,1-4H3. The molecule has 2 N–H and O–H groups in total. The van der Waals surface area contributed by atoms with Gasteiger partial charge in [-0.1, -0.05) is 27.7 Å². The van der Waals surface area contributed by atoms with E-state index in [4.69, 9.17) is 5.73 Å². The fourth-order valence-corrected chi connectivity index (χ4v) is 2.14. The molecule has 3 heteroatoms. The van der Waals surface area contributed by atoms with Gasteiger partial charge in [-0.3, -0.25) is 4.79 Å². The summed E-state index contributed by atoms with van der Waals surface area (Å²) < 4.78 is 0. The average molecular weight is 212 g/mol. The maximum Gasteiger partial charge on any atom is 0.239 e. The van der Waals surface area contributed by atoms with Gasteiger partial charge in [0.05, 0.1) is 6.04 Å². The first-order chi connectivity index (χ1) is 6.82. The number of hydrogen-bond acceptors (Lipinski definition) is 2. The molecule has 3 nitrogen and oxygen atoms in total. The number of hydrogen-bond donors (Lipinski definition) is 1. The predicted octanol–water partition coefficient (Wildman–Crippen LogP) is 1.62. The summed E-state index contributed by atoms with van der Waals surface area (Å²) in [5.74, 6) is 0.619. The van der Waals surface area contributed by atoms with Gasteiger partial charge in [-0.15, -0.1) is 0 Å². The fraction of sp³-hybridized carbons (Fsp3) is 0.917. The maximum absolute atomic E-state index is 12.0. The van der Waals surface area contributed by atoms with E-state index in [9.17, 15) is 4.79 Å². The summed E-state index contributed by atoms with van der Waals surface area (Å²) >= 11 is 0. The minimum absolute atomic E-state index is 0.134. The van der Waals surface area contributed by atoms with Crippen molar-refractivity contribution >= 4 is 5.91 Å². The van der Waals surface area contributed by atoms with Crippen molar-refractivity contribution in [2.24, 2.45) is 17.1 Å². The van der Waals surface area contributed by atoms with Crippen molar-refractivity contribution in [3.63, 3.8) is 0 Å². The zero-order valence-electron chi connectivity index (χ0n) is 10.4. The fourth-order valence-electron chi connectivity index (χ4n) is 2.14. The average Bonchev–Trinajstić information content (AvgIpc) is 2.43. The molecular weight excluding hydrogens is 188 g/mol. The van der Waals surface area contributed by atoms with Gasteiger partial charge < -0.3 is 10.6 Å². The zero-order valence-corrected chi connectivity index (χ0v) is 10.4. The van der Waals surface area contributed by atoms with Gasteiger partial charge in [0, 0.05) is 13.1 Å². The van der Waals surface area contributed by atoms with Crippen LogP contribution in [0.4, 0.5) is 0 Å². The molecule has 0 aliphatic carbocycles. The number of nitrogens with zero attached hydrogens (tertiary/aromatic N) is 1. The van der Waals surface area contributed by atoms with Crippen molar-refractivity contribution in [2.45, 2.75) is 46.6 Å². The van der Waals surface area contributed by atoms with E-state index >= 15 is 0 Å². The lowest BCUT2D eigenvalue weighted by Crippen LogP contribution is -2.43. The van der Waals surface area contributed by atoms with E-state index in [1.54, 1.807) is 0 Å². The first-order valence-electron chi connectivity index (χ1n) is 5.86. The lowest BCUT2D eigenvalue weighted by atomic mass is 9.93. The van der Waals surface area contributed by atoms with Crippen LogP contribution in [-0.4, -0.2) is 29.9 Å². The molecule has 0 aromatic rings. The highest BCUT2D eigenvalue weighted by atomic mass is 16.2. The van der Waals surface area contributed by atoms with Gasteiger partial charge in [0.25, 0.3) is 0 Å². The quantitative estimate of drug-likeness (QED) is 0.772. The van der Waals surface area contributed by atoms with Crippen LogP contribution >= 0.6 is 0 Å². The number of likely N-dealkylation sites (tertiary alicyclic amines) is 1. The predicted molar refractivity (Wildman–Crippen MR) is 62.4 cm³/mol. The van der Waals surface area contributed by atoms with Crippen molar-refractivity contribution < 1.29 is 4.79 Å². The molecule has 1 aliphatic heterocycles. The van der Waals surface area contributed by atoms with Crippen LogP contribution in [0.5, 0.6) is 0 Å². The molecule has 0 radical (unpaired) electrons. The first-order valence-corrected chi connectivity index (χ1v) is 5.86. The molecule has 1 aliphatic rings. The van der Waals surface area contributed by atoms with Crippen LogP contribution < -0.4 is 5.73 Å². The number of rotatable bonds is 3. The Morgan fingerprint density at radius 1 is 1.47 bits per heavy atom. The number of nitrogens with two attached hydrogens (primary N) is 1. The molecule has 1 rings (SSSR count). The Morgan fingerprint density at radius 3 is 2.47 bits per heavy atom. The van der Waals surface area contributed by atoms with E-state index in [0.717, 1.165) is 25.9 Å². The highest BCUT2D eigenvalue weighted by molar-refractivity contribution is 5.81. The molecule has 1 fully saturated rings. The van der Waals surface area contributed by atoms with Gasteiger partial charge >= 0.3 is 0 Å². The van der Waals surface area contributed by atoms with Gasteiger partial charge in [0.2, 0.25) is 5.91 Å². The second-order valence-electron chi connectivity index (χ2n) is 5.91. The summed E-state index contributed by atoms with van der Waals surface area (Å²) in [4.78, 5) is 13.9. The molecule has 1 unspecified atom stereocenters. The van der Waals surface area contributed by atoms with E-state index in [0.29, 0.717) is 5.92 Å². The molecule has 15 heavy (non-hydrogen) atoms. The summed E-state index contributed by atoms with van der Waals surface area (Å²) in [5.41, 5.74) is 6.17. The van der Waals surface area contributed by atoms with E-state index in [2.05, 4.69) is 27.7 Å². The van der Waals surface area contributed by atoms with Crippen molar-refractivity contribution in [1.29, 1.82) is 0 Å². The van der Waals surface area contributed by atoms with E-state index in [1.807, 2.05) is 4.90 Å². The van der Waals surface area contributed by atoms with E-state index in [-0.39, 0.29) is 17.4 Å². The molecule has 0 bridgehead atoms. The van der Waals surface area contributed by atoms with Crippen LogP contribution in [0.25, 0.3) is 0 Å². The van der Waals surface area contributed by atoms with Gasteiger partial charge in [-0.25, -0.2) is 0 Å². The van der Waals surface area contributed by atoms with Crippen molar-refractivity contribution in [2.75, 3.05) is 13.1 Å². The first kappa shape index (κ1) is 12.5. The Balaban J connectivity index is 2.48. The summed E-state index contributed by atoms with van der Waals surface area (Å²) in [7, 11) is 0. The number of carbonyl (C=O) groups excluding carboxylic acids is 1. The Labute approximate surface area is 93.0 Å². The third-order valence-electron chi connectivity index (χ3n) is 3.03. The van der Waals surface area contributed by atoms with Crippen molar-refractivity contribution in [3.05, 3.63) is 0 Å². The van der Waals surface area contributed by atoms with Gasteiger partial charge in [-0.05, 0) is 24.2 Å². The van der Waals surface area contributed by atoms with Gasteiger partial charge in [0.1, 0.15) is 0 Å². The lowest BCUT2D eigenvalue weighted by Gasteiger charge is -2.23. The minimum atomic E-state index is -0.307. The molecule has 0 saturated carbocycles. The molecular formula is C12H24N2O. The lowest BCUT2D eigenvalue weighted by molar-refractivity contribution is -0.132. The Morgan fingerprint density at radius 2 is 2.07 bits per heavy atom. The van der Waals surface area contributed by atoms with Crippen LogP contribution in [0.15, 0.2) is 0 Å². The third kappa shape index (κ3) is 3.49. The monoisotopic (exact) mass is 212 g/mol. The number of amides is 1. The highest BCUT2D eigenvalue weighted by Crippen LogP contribution is 2.29. The normalized spacial score (nSPS) is 22.1. The molecule has 88 valence electrons. The number of carbonyl (C=O) groups is 1. The summed E-state index contributed by atoms with van der Waals surface area (Å²) in [5, 5.41) is 0. The highest BCUT2D eigenvalue weighted by Gasteiger charge is 2.33. The second-order valence-corrected chi connectivity index (χ2v) is 5.91. The maximum atomic E-state index is 12.0. The van der Waals surface area contributed by atoms with Crippen LogP contribution in [0.1, 0.15) is 40.5 Å².